The molecule has 0 saturated carbocycles. The van der Waals surface area contributed by atoms with E-state index in [0.717, 1.165) is 24.0 Å². The van der Waals surface area contributed by atoms with Crippen LogP contribution in [-0.4, -0.2) is 39.8 Å². The van der Waals surface area contributed by atoms with Crippen LogP contribution < -0.4 is 9.46 Å². The van der Waals surface area contributed by atoms with Gasteiger partial charge in [-0.1, -0.05) is 25.5 Å². The molecule has 36 heavy (non-hydrogen) atoms. The molecule has 5 rings (SSSR count). The van der Waals surface area contributed by atoms with Crippen LogP contribution in [0.4, 0.5) is 5.69 Å². The van der Waals surface area contributed by atoms with Gasteiger partial charge in [-0.3, -0.25) is 9.71 Å². The molecule has 0 radical (unpaired) electrons. The normalized spacial score (nSPS) is 11.5. The summed E-state index contributed by atoms with van der Waals surface area (Å²) in [6.45, 7) is 2.69. The Morgan fingerprint density at radius 1 is 0.917 bits per heavy atom. The summed E-state index contributed by atoms with van der Waals surface area (Å²) in [6, 6.07) is 20.8. The van der Waals surface area contributed by atoms with E-state index in [9.17, 15) is 8.42 Å². The van der Waals surface area contributed by atoms with Crippen molar-refractivity contribution in [3.63, 3.8) is 0 Å². The number of rotatable bonds is 9. The maximum Gasteiger partial charge on any atom is 0.261 e. The van der Waals surface area contributed by atoms with Gasteiger partial charge in [-0.2, -0.15) is 9.61 Å². The fraction of sp³-hybridized carbons (Fsp3) is 0.154. The van der Waals surface area contributed by atoms with Gasteiger partial charge in [0.1, 0.15) is 5.75 Å². The van der Waals surface area contributed by atoms with Crippen LogP contribution in [0.3, 0.4) is 0 Å². The number of sulfonamides is 1. The number of ether oxygens (including phenoxy) is 1. The van der Waals surface area contributed by atoms with Gasteiger partial charge in [0.2, 0.25) is 0 Å². The second-order valence-electron chi connectivity index (χ2n) is 8.11. The average molecular weight is 501 g/mol. The van der Waals surface area contributed by atoms with Crippen LogP contribution in [0, 0.1) is 0 Å². The lowest BCUT2D eigenvalue weighted by Gasteiger charge is -2.10. The summed E-state index contributed by atoms with van der Waals surface area (Å²) < 4.78 is 35.6. The second kappa shape index (κ2) is 10.1. The van der Waals surface area contributed by atoms with Gasteiger partial charge in [0, 0.05) is 29.2 Å². The van der Waals surface area contributed by atoms with E-state index in [4.69, 9.17) is 4.74 Å². The number of anilines is 1. The van der Waals surface area contributed by atoms with E-state index >= 15 is 0 Å². The Bertz CT molecular complexity index is 1570. The third-order valence-corrected chi connectivity index (χ3v) is 6.91. The quantitative estimate of drug-likeness (QED) is 0.288. The molecule has 5 aromatic rings. The molecule has 0 bridgehead atoms. The van der Waals surface area contributed by atoms with E-state index < -0.39 is 10.0 Å². The smallest absolute Gasteiger partial charge is 0.261 e. The Hall–Kier alpha value is -4.31. The van der Waals surface area contributed by atoms with Crippen LogP contribution in [0.1, 0.15) is 19.8 Å². The van der Waals surface area contributed by atoms with E-state index in [0.29, 0.717) is 35.2 Å². The first-order valence-corrected chi connectivity index (χ1v) is 13.0. The van der Waals surface area contributed by atoms with Crippen LogP contribution in [0.25, 0.3) is 28.3 Å². The molecule has 0 aliphatic heterocycles. The molecule has 3 heterocycles. The zero-order chi connectivity index (χ0) is 25.0. The van der Waals surface area contributed by atoms with Crippen molar-refractivity contribution in [1.29, 1.82) is 0 Å². The van der Waals surface area contributed by atoms with Gasteiger partial charge < -0.3 is 4.74 Å². The Morgan fingerprint density at radius 3 is 2.44 bits per heavy atom. The fourth-order valence-electron chi connectivity index (χ4n) is 3.59. The highest BCUT2D eigenvalue weighted by molar-refractivity contribution is 7.92. The number of benzene rings is 2. The molecule has 3 aromatic heterocycles. The van der Waals surface area contributed by atoms with Crippen molar-refractivity contribution in [3.05, 3.63) is 85.2 Å². The van der Waals surface area contributed by atoms with Crippen molar-refractivity contribution in [3.8, 4) is 28.4 Å². The molecule has 0 saturated heterocycles. The molecule has 0 unspecified atom stereocenters. The first kappa shape index (κ1) is 23.4. The predicted molar refractivity (Wildman–Crippen MR) is 137 cm³/mol. The van der Waals surface area contributed by atoms with Crippen molar-refractivity contribution in [2.45, 2.75) is 24.7 Å². The number of hydrogen-bond donors (Lipinski definition) is 1. The van der Waals surface area contributed by atoms with E-state index in [-0.39, 0.29) is 4.90 Å². The number of unbranched alkanes of at least 4 members (excludes halogenated alkanes) is 1. The molecule has 2 aromatic carbocycles. The van der Waals surface area contributed by atoms with Crippen molar-refractivity contribution < 1.29 is 13.2 Å². The molecule has 0 aliphatic carbocycles. The molecule has 10 heteroatoms. The minimum atomic E-state index is -3.74. The number of fused-ring (bicyclic) bond motifs is 1. The highest BCUT2D eigenvalue weighted by Gasteiger charge is 2.15. The van der Waals surface area contributed by atoms with Gasteiger partial charge in [0.15, 0.2) is 11.5 Å². The Labute approximate surface area is 208 Å². The van der Waals surface area contributed by atoms with Crippen molar-refractivity contribution in [1.82, 2.24) is 24.8 Å². The monoisotopic (exact) mass is 500 g/mol. The van der Waals surface area contributed by atoms with Crippen LogP contribution in [0.2, 0.25) is 0 Å². The molecule has 182 valence electrons. The highest BCUT2D eigenvalue weighted by atomic mass is 32.2. The zero-order valence-corrected chi connectivity index (χ0v) is 20.4. The van der Waals surface area contributed by atoms with Gasteiger partial charge in [-0.25, -0.2) is 8.42 Å². The first-order chi connectivity index (χ1) is 17.5. The number of hydrogen-bond acceptors (Lipinski definition) is 7. The van der Waals surface area contributed by atoms with Crippen molar-refractivity contribution in [2.75, 3.05) is 11.3 Å². The number of aromatic nitrogens is 5. The zero-order valence-electron chi connectivity index (χ0n) is 19.6. The fourth-order valence-corrected chi connectivity index (χ4v) is 4.65. The molecule has 0 spiro atoms. The lowest BCUT2D eigenvalue weighted by molar-refractivity contribution is 0.309. The minimum absolute atomic E-state index is 0.164. The SMILES string of the molecule is CCCCOc1ccc(S(=O)(=O)Nc2ccc(-c3ccc4nnc(-c5cccnc5)n4n3)cc2)cc1. The van der Waals surface area contributed by atoms with E-state index in [1.165, 1.54) is 12.1 Å². The molecule has 1 N–H and O–H groups in total. The molecule has 0 fully saturated rings. The van der Waals surface area contributed by atoms with E-state index in [1.807, 2.05) is 36.4 Å². The third-order valence-electron chi connectivity index (χ3n) is 5.52. The topological polar surface area (TPSA) is 111 Å². The predicted octanol–water partition coefficient (Wildman–Crippen LogP) is 4.83. The minimum Gasteiger partial charge on any atom is -0.494 e. The summed E-state index contributed by atoms with van der Waals surface area (Å²) in [5.74, 6) is 1.24. The highest BCUT2D eigenvalue weighted by Crippen LogP contribution is 2.24. The van der Waals surface area contributed by atoms with Gasteiger partial charge >= 0.3 is 0 Å². The number of nitrogens with one attached hydrogen (secondary N) is 1. The van der Waals surface area contributed by atoms with Gasteiger partial charge in [0.05, 0.1) is 17.2 Å². The van der Waals surface area contributed by atoms with Gasteiger partial charge in [0.25, 0.3) is 10.0 Å². The molecule has 9 nitrogen and oxygen atoms in total. The van der Waals surface area contributed by atoms with Crippen LogP contribution in [-0.2, 0) is 10.0 Å². The van der Waals surface area contributed by atoms with Gasteiger partial charge in [-0.15, -0.1) is 10.2 Å². The number of pyridine rings is 1. The second-order valence-corrected chi connectivity index (χ2v) is 9.79. The average Bonchev–Trinajstić information content (AvgIpc) is 3.33. The Morgan fingerprint density at radius 2 is 1.72 bits per heavy atom. The molecule has 0 aliphatic rings. The Balaban J connectivity index is 1.33. The molecule has 0 atom stereocenters. The summed E-state index contributed by atoms with van der Waals surface area (Å²) in [5, 5.41) is 13.1. The van der Waals surface area contributed by atoms with Crippen molar-refractivity contribution in [2.24, 2.45) is 0 Å². The molecular weight excluding hydrogens is 476 g/mol. The summed E-state index contributed by atoms with van der Waals surface area (Å²) in [5.41, 5.74) is 3.38. The lowest BCUT2D eigenvalue weighted by Crippen LogP contribution is -2.12. The van der Waals surface area contributed by atoms with Crippen molar-refractivity contribution >= 4 is 21.4 Å². The van der Waals surface area contributed by atoms with E-state index in [2.05, 4.69) is 31.9 Å². The Kier molecular flexibility index (Phi) is 6.59. The third kappa shape index (κ3) is 5.03. The number of nitrogens with zero attached hydrogens (tertiary/aromatic N) is 5. The summed E-state index contributed by atoms with van der Waals surface area (Å²) in [7, 11) is -3.74. The standard InChI is InChI=1S/C26H24N6O3S/c1-2-3-17-35-22-10-12-23(13-11-22)36(33,34)31-21-8-6-19(7-9-21)24-14-15-25-28-29-26(32(25)30-24)20-5-4-16-27-18-20/h4-16,18,31H,2-3,17H2,1H3. The van der Waals surface area contributed by atoms with Crippen LogP contribution in [0.15, 0.2) is 90.1 Å². The van der Waals surface area contributed by atoms with Crippen LogP contribution >= 0.6 is 0 Å². The maximum absolute atomic E-state index is 12.8. The largest absolute Gasteiger partial charge is 0.494 e. The molecule has 0 amide bonds. The summed E-state index contributed by atoms with van der Waals surface area (Å²) in [4.78, 5) is 4.30. The molecular formula is C26H24N6O3S. The first-order valence-electron chi connectivity index (χ1n) is 11.5. The van der Waals surface area contributed by atoms with Gasteiger partial charge in [-0.05, 0) is 67.1 Å². The van der Waals surface area contributed by atoms with Crippen LogP contribution in [0.5, 0.6) is 5.75 Å². The summed E-state index contributed by atoms with van der Waals surface area (Å²) >= 11 is 0. The van der Waals surface area contributed by atoms with E-state index in [1.54, 1.807) is 41.2 Å². The summed E-state index contributed by atoms with van der Waals surface area (Å²) in [6.07, 6.45) is 5.39. The lowest BCUT2D eigenvalue weighted by atomic mass is 10.1. The maximum atomic E-state index is 12.8.